The van der Waals surface area contributed by atoms with E-state index in [1.54, 1.807) is 0 Å². The van der Waals surface area contributed by atoms with Crippen LogP contribution in [0.15, 0.2) is 24.3 Å². The highest BCUT2D eigenvalue weighted by molar-refractivity contribution is 6.00. The quantitative estimate of drug-likeness (QED) is 0.879. The molecule has 4 aliphatic rings. The first-order valence-corrected chi connectivity index (χ1v) is 9.96. The zero-order chi connectivity index (χ0) is 18.6. The lowest BCUT2D eigenvalue weighted by molar-refractivity contribution is -0.128. The molecule has 142 valence electrons. The molecule has 1 spiro atoms. The smallest absolute Gasteiger partial charge is 0.223 e. The van der Waals surface area contributed by atoms with Crippen molar-refractivity contribution in [2.75, 3.05) is 19.6 Å². The average molecular weight is 368 g/mol. The molecule has 2 aliphatic heterocycles. The number of ketones is 1. The maximum absolute atomic E-state index is 12.7. The molecule has 3 fully saturated rings. The first kappa shape index (κ1) is 16.8. The standard InChI is InChI=1S/C21H24N2O4/c24-15-12-21(27-16-5-2-1-4-13(15)16)8-7-14-18(19(14)21)20(26)22-9-11-23-10-3-6-17(23)25/h1-2,4-5,14,18-19H,3,6-12H2,(H,22,26)/t14-,18+,19+,21+/m1/s1. The lowest BCUT2D eigenvalue weighted by Crippen LogP contribution is -2.45. The fourth-order valence-electron chi connectivity index (χ4n) is 5.49. The van der Waals surface area contributed by atoms with E-state index in [0.29, 0.717) is 43.2 Å². The minimum atomic E-state index is -0.511. The number of para-hydroxylation sites is 1. The molecular formula is C21H24N2O4. The van der Waals surface area contributed by atoms with Crippen molar-refractivity contribution in [3.63, 3.8) is 0 Å². The van der Waals surface area contributed by atoms with Gasteiger partial charge in [-0.2, -0.15) is 0 Å². The fourth-order valence-corrected chi connectivity index (χ4v) is 5.49. The van der Waals surface area contributed by atoms with Gasteiger partial charge in [-0.25, -0.2) is 0 Å². The summed E-state index contributed by atoms with van der Waals surface area (Å²) in [5.41, 5.74) is 0.145. The number of benzene rings is 1. The van der Waals surface area contributed by atoms with Gasteiger partial charge in [0.15, 0.2) is 5.78 Å². The van der Waals surface area contributed by atoms with Gasteiger partial charge in [-0.1, -0.05) is 12.1 Å². The Hall–Kier alpha value is -2.37. The summed E-state index contributed by atoms with van der Waals surface area (Å²) in [6.45, 7) is 1.87. The molecule has 0 unspecified atom stereocenters. The van der Waals surface area contributed by atoms with Crippen molar-refractivity contribution in [3.05, 3.63) is 29.8 Å². The predicted octanol–water partition coefficient (Wildman–Crippen LogP) is 1.79. The van der Waals surface area contributed by atoms with Gasteiger partial charge in [0.2, 0.25) is 11.8 Å². The zero-order valence-electron chi connectivity index (χ0n) is 15.3. The number of carbonyl (C=O) groups excluding carboxylic acids is 3. The lowest BCUT2D eigenvalue weighted by Gasteiger charge is -2.37. The maximum atomic E-state index is 12.7. The Morgan fingerprint density at radius 2 is 2.15 bits per heavy atom. The van der Waals surface area contributed by atoms with Gasteiger partial charge in [-0.3, -0.25) is 14.4 Å². The van der Waals surface area contributed by atoms with E-state index in [4.69, 9.17) is 4.74 Å². The largest absolute Gasteiger partial charge is 0.486 e. The Balaban J connectivity index is 1.23. The van der Waals surface area contributed by atoms with Crippen LogP contribution in [0, 0.1) is 17.8 Å². The first-order valence-electron chi connectivity index (χ1n) is 9.96. The highest BCUT2D eigenvalue weighted by Gasteiger charge is 2.70. The van der Waals surface area contributed by atoms with Gasteiger partial charge in [0, 0.05) is 37.9 Å². The summed E-state index contributed by atoms with van der Waals surface area (Å²) in [7, 11) is 0. The van der Waals surface area contributed by atoms with Crippen LogP contribution in [0.3, 0.4) is 0 Å². The topological polar surface area (TPSA) is 75.7 Å². The van der Waals surface area contributed by atoms with Crippen LogP contribution in [0.2, 0.25) is 0 Å². The second-order valence-corrected chi connectivity index (χ2v) is 8.29. The molecule has 2 saturated carbocycles. The van der Waals surface area contributed by atoms with E-state index in [9.17, 15) is 14.4 Å². The lowest BCUT2D eigenvalue weighted by atomic mass is 9.84. The van der Waals surface area contributed by atoms with Crippen LogP contribution in [0.4, 0.5) is 0 Å². The van der Waals surface area contributed by atoms with E-state index in [1.807, 2.05) is 29.2 Å². The third-order valence-corrected chi connectivity index (χ3v) is 6.79. The van der Waals surface area contributed by atoms with Crippen LogP contribution in [-0.4, -0.2) is 47.7 Å². The molecule has 5 rings (SSSR count). The Morgan fingerprint density at radius 3 is 2.96 bits per heavy atom. The average Bonchev–Trinajstić information content (AvgIpc) is 3.12. The summed E-state index contributed by atoms with van der Waals surface area (Å²) in [5, 5.41) is 3.00. The molecule has 1 aromatic rings. The SMILES string of the molecule is O=C1C[C@]2(CC[C@@H]3[C@H](C(=O)NCCN4CCCC4=O)[C@H]32)Oc2ccccc21. The van der Waals surface area contributed by atoms with Crippen molar-refractivity contribution in [1.29, 1.82) is 0 Å². The van der Waals surface area contributed by atoms with E-state index in [2.05, 4.69) is 5.32 Å². The number of hydrogen-bond acceptors (Lipinski definition) is 4. The van der Waals surface area contributed by atoms with Gasteiger partial charge < -0.3 is 15.0 Å². The van der Waals surface area contributed by atoms with Crippen LogP contribution in [-0.2, 0) is 9.59 Å². The van der Waals surface area contributed by atoms with Gasteiger partial charge >= 0.3 is 0 Å². The van der Waals surface area contributed by atoms with Crippen LogP contribution in [0.5, 0.6) is 5.75 Å². The highest BCUT2D eigenvalue weighted by Crippen LogP contribution is 2.65. The molecule has 1 N–H and O–H groups in total. The fraction of sp³-hybridized carbons (Fsp3) is 0.571. The van der Waals surface area contributed by atoms with E-state index >= 15 is 0 Å². The molecule has 2 heterocycles. The first-order chi connectivity index (χ1) is 13.1. The number of Topliss-reactive ketones (excluding diaryl/α,β-unsaturated/α-hetero) is 1. The van der Waals surface area contributed by atoms with Crippen molar-refractivity contribution in [3.8, 4) is 5.75 Å². The molecule has 2 aliphatic carbocycles. The molecule has 0 aromatic heterocycles. The molecular weight excluding hydrogens is 344 g/mol. The van der Waals surface area contributed by atoms with Crippen LogP contribution in [0.1, 0.15) is 42.5 Å². The summed E-state index contributed by atoms with van der Waals surface area (Å²) < 4.78 is 6.33. The van der Waals surface area contributed by atoms with Crippen molar-refractivity contribution < 1.29 is 19.1 Å². The Morgan fingerprint density at radius 1 is 1.30 bits per heavy atom. The number of hydrogen-bond donors (Lipinski definition) is 1. The van der Waals surface area contributed by atoms with Gasteiger partial charge in [0.25, 0.3) is 0 Å². The number of nitrogens with one attached hydrogen (secondary N) is 1. The van der Waals surface area contributed by atoms with Crippen LogP contribution < -0.4 is 10.1 Å². The molecule has 4 atom stereocenters. The molecule has 2 amide bonds. The summed E-state index contributed by atoms with van der Waals surface area (Å²) in [6, 6.07) is 7.40. The van der Waals surface area contributed by atoms with Gasteiger partial charge in [-0.15, -0.1) is 0 Å². The summed E-state index contributed by atoms with van der Waals surface area (Å²) in [5.74, 6) is 1.39. The number of rotatable bonds is 4. The third-order valence-electron chi connectivity index (χ3n) is 6.79. The molecule has 27 heavy (non-hydrogen) atoms. The molecule has 1 aromatic carbocycles. The molecule has 0 bridgehead atoms. The van der Waals surface area contributed by atoms with E-state index in [0.717, 1.165) is 25.8 Å². The molecule has 6 nitrogen and oxygen atoms in total. The van der Waals surface area contributed by atoms with Gasteiger partial charge in [0.05, 0.1) is 12.0 Å². The predicted molar refractivity (Wildman–Crippen MR) is 97.3 cm³/mol. The van der Waals surface area contributed by atoms with Crippen molar-refractivity contribution in [2.45, 2.75) is 37.7 Å². The highest BCUT2D eigenvalue weighted by atomic mass is 16.5. The van der Waals surface area contributed by atoms with Crippen molar-refractivity contribution >= 4 is 17.6 Å². The molecule has 6 heteroatoms. The normalized spacial score (nSPS) is 33.6. The Labute approximate surface area is 158 Å². The zero-order valence-corrected chi connectivity index (χ0v) is 15.3. The number of carbonyl (C=O) groups is 3. The van der Waals surface area contributed by atoms with Gasteiger partial charge in [0.1, 0.15) is 11.4 Å². The number of likely N-dealkylation sites (tertiary alicyclic amines) is 1. The number of amides is 2. The minimum absolute atomic E-state index is 0.0469. The molecule has 0 radical (unpaired) electrons. The summed E-state index contributed by atoms with van der Waals surface area (Å²) in [4.78, 5) is 38.8. The molecule has 1 saturated heterocycles. The number of nitrogens with zero attached hydrogens (tertiary/aromatic N) is 1. The van der Waals surface area contributed by atoms with Crippen LogP contribution in [0.25, 0.3) is 0 Å². The maximum Gasteiger partial charge on any atom is 0.223 e. The van der Waals surface area contributed by atoms with Crippen molar-refractivity contribution in [1.82, 2.24) is 10.2 Å². The van der Waals surface area contributed by atoms with Crippen molar-refractivity contribution in [2.24, 2.45) is 17.8 Å². The van der Waals surface area contributed by atoms with E-state index < -0.39 is 5.60 Å². The second-order valence-electron chi connectivity index (χ2n) is 8.29. The summed E-state index contributed by atoms with van der Waals surface area (Å²) >= 11 is 0. The number of ether oxygens (including phenoxy) is 1. The van der Waals surface area contributed by atoms with Crippen LogP contribution >= 0.6 is 0 Å². The minimum Gasteiger partial charge on any atom is -0.486 e. The second kappa shape index (κ2) is 6.08. The number of fused-ring (bicyclic) bond motifs is 3. The third kappa shape index (κ3) is 2.65. The van der Waals surface area contributed by atoms with E-state index in [-0.39, 0.29) is 29.4 Å². The van der Waals surface area contributed by atoms with Gasteiger partial charge in [-0.05, 0) is 37.3 Å². The Kier molecular flexibility index (Phi) is 3.78. The monoisotopic (exact) mass is 368 g/mol. The summed E-state index contributed by atoms with van der Waals surface area (Å²) in [6.07, 6.45) is 3.68. The Bertz CT molecular complexity index is 822. The van der Waals surface area contributed by atoms with E-state index in [1.165, 1.54) is 0 Å².